The van der Waals surface area contributed by atoms with Crippen molar-refractivity contribution >= 4 is 18.0 Å². The van der Waals surface area contributed by atoms with Crippen LogP contribution in [0.15, 0.2) is 16.6 Å². The van der Waals surface area contributed by atoms with Crippen molar-refractivity contribution in [1.29, 1.82) is 0 Å². The Hall–Kier alpha value is -2.04. The second-order valence-corrected chi connectivity index (χ2v) is 3.32. The molecule has 1 aromatic rings. The number of rotatable bonds is 5. The molecule has 1 rings (SSSR count). The first-order valence-corrected chi connectivity index (χ1v) is 4.71. The Kier molecular flexibility index (Phi) is 3.88. The summed E-state index contributed by atoms with van der Waals surface area (Å²) in [6.45, 7) is 1.79. The van der Waals surface area contributed by atoms with Crippen molar-refractivity contribution in [2.24, 2.45) is 0 Å². The van der Waals surface area contributed by atoms with Gasteiger partial charge in [-0.2, -0.15) is 0 Å². The number of hydrogen-bond donors (Lipinski definition) is 2. The van der Waals surface area contributed by atoms with Crippen LogP contribution >= 0.6 is 0 Å². The lowest BCUT2D eigenvalue weighted by atomic mass is 10.2. The van der Waals surface area contributed by atoms with E-state index in [2.05, 4.69) is 0 Å². The third kappa shape index (κ3) is 3.61. The van der Waals surface area contributed by atoms with E-state index in [1.807, 2.05) is 0 Å². The lowest BCUT2D eigenvalue weighted by Crippen LogP contribution is -1.97. The second-order valence-electron chi connectivity index (χ2n) is 3.32. The molecular weight excluding hydrogens is 212 g/mol. The minimum absolute atomic E-state index is 0.00353. The van der Waals surface area contributed by atoms with Crippen LogP contribution in [0.25, 0.3) is 6.08 Å². The van der Waals surface area contributed by atoms with Crippen molar-refractivity contribution in [1.82, 2.24) is 0 Å². The summed E-state index contributed by atoms with van der Waals surface area (Å²) in [6, 6.07) is 1.68. The quantitative estimate of drug-likeness (QED) is 0.743. The Morgan fingerprint density at radius 3 is 2.69 bits per heavy atom. The van der Waals surface area contributed by atoms with Gasteiger partial charge in [-0.15, -0.1) is 0 Å². The highest BCUT2D eigenvalue weighted by Gasteiger charge is 2.08. The lowest BCUT2D eigenvalue weighted by molar-refractivity contribution is -0.137. The van der Waals surface area contributed by atoms with Crippen molar-refractivity contribution in [2.45, 2.75) is 19.8 Å². The van der Waals surface area contributed by atoms with E-state index in [0.29, 0.717) is 17.9 Å². The van der Waals surface area contributed by atoms with Crippen molar-refractivity contribution in [3.05, 3.63) is 29.2 Å². The Morgan fingerprint density at radius 1 is 1.44 bits per heavy atom. The molecule has 0 radical (unpaired) electrons. The molecular formula is C11H12O5. The van der Waals surface area contributed by atoms with E-state index in [4.69, 9.17) is 14.6 Å². The first-order valence-electron chi connectivity index (χ1n) is 4.71. The Labute approximate surface area is 92.0 Å². The summed E-state index contributed by atoms with van der Waals surface area (Å²) in [5, 5.41) is 16.9. The van der Waals surface area contributed by atoms with Crippen LogP contribution in [0.1, 0.15) is 23.5 Å². The van der Waals surface area contributed by atoms with E-state index in [9.17, 15) is 9.59 Å². The maximum absolute atomic E-state index is 10.4. The van der Waals surface area contributed by atoms with E-state index in [0.717, 1.165) is 11.6 Å². The third-order valence-electron chi connectivity index (χ3n) is 2.00. The molecule has 0 unspecified atom stereocenters. The normalized spacial score (nSPS) is 10.8. The Balaban J connectivity index is 2.73. The largest absolute Gasteiger partial charge is 0.481 e. The molecule has 16 heavy (non-hydrogen) atoms. The molecule has 0 spiro atoms. The number of hydrogen-bond acceptors (Lipinski definition) is 3. The van der Waals surface area contributed by atoms with Gasteiger partial charge in [0, 0.05) is 12.5 Å². The Morgan fingerprint density at radius 2 is 2.12 bits per heavy atom. The number of carboxylic acids is 2. The molecule has 1 heterocycles. The van der Waals surface area contributed by atoms with Crippen LogP contribution < -0.4 is 0 Å². The van der Waals surface area contributed by atoms with Gasteiger partial charge in [-0.25, -0.2) is 4.79 Å². The number of carboxylic acid groups (broad SMARTS) is 2. The second kappa shape index (κ2) is 5.16. The van der Waals surface area contributed by atoms with Crippen LogP contribution in [-0.2, 0) is 16.0 Å². The van der Waals surface area contributed by atoms with E-state index < -0.39 is 11.9 Å². The number of furan rings is 1. The highest BCUT2D eigenvalue weighted by Crippen LogP contribution is 2.17. The average molecular weight is 224 g/mol. The third-order valence-corrected chi connectivity index (χ3v) is 2.00. The van der Waals surface area contributed by atoms with E-state index in [1.165, 1.54) is 6.08 Å². The number of aliphatic carboxylic acids is 2. The zero-order chi connectivity index (χ0) is 12.1. The van der Waals surface area contributed by atoms with Crippen LogP contribution in [0, 0.1) is 6.92 Å². The lowest BCUT2D eigenvalue weighted by Gasteiger charge is -1.94. The molecule has 0 atom stereocenters. The van der Waals surface area contributed by atoms with E-state index in [1.54, 1.807) is 13.0 Å². The molecule has 0 saturated carbocycles. The van der Waals surface area contributed by atoms with Gasteiger partial charge in [-0.3, -0.25) is 4.79 Å². The van der Waals surface area contributed by atoms with Gasteiger partial charge in [0.05, 0.1) is 6.42 Å². The van der Waals surface area contributed by atoms with Crippen molar-refractivity contribution in [2.75, 3.05) is 0 Å². The predicted molar refractivity (Wildman–Crippen MR) is 56.1 cm³/mol. The molecule has 0 aliphatic carbocycles. The van der Waals surface area contributed by atoms with Gasteiger partial charge in [-0.1, -0.05) is 0 Å². The van der Waals surface area contributed by atoms with E-state index >= 15 is 0 Å². The Bertz CT molecular complexity index is 428. The maximum atomic E-state index is 10.4. The zero-order valence-corrected chi connectivity index (χ0v) is 8.77. The molecule has 0 amide bonds. The van der Waals surface area contributed by atoms with Gasteiger partial charge < -0.3 is 14.6 Å². The molecule has 1 aromatic heterocycles. The van der Waals surface area contributed by atoms with Crippen molar-refractivity contribution < 1.29 is 24.2 Å². The van der Waals surface area contributed by atoms with Crippen LogP contribution in [0.4, 0.5) is 0 Å². The summed E-state index contributed by atoms with van der Waals surface area (Å²) < 4.78 is 5.30. The fourth-order valence-corrected chi connectivity index (χ4v) is 1.25. The number of aryl methyl sites for hydroxylation is 2. The summed E-state index contributed by atoms with van der Waals surface area (Å²) in [7, 11) is 0. The molecule has 0 saturated heterocycles. The van der Waals surface area contributed by atoms with Gasteiger partial charge in [0.2, 0.25) is 0 Å². The van der Waals surface area contributed by atoms with Crippen LogP contribution in [0.2, 0.25) is 0 Å². The van der Waals surface area contributed by atoms with Crippen molar-refractivity contribution in [3.8, 4) is 0 Å². The molecule has 0 aliphatic rings. The monoisotopic (exact) mass is 224 g/mol. The average Bonchev–Trinajstić information content (AvgIpc) is 2.53. The minimum Gasteiger partial charge on any atom is -0.481 e. The van der Waals surface area contributed by atoms with Gasteiger partial charge >= 0.3 is 11.9 Å². The fraction of sp³-hybridized carbons (Fsp3) is 0.273. The van der Waals surface area contributed by atoms with E-state index in [-0.39, 0.29) is 6.42 Å². The van der Waals surface area contributed by atoms with Gasteiger partial charge in [0.15, 0.2) is 0 Å². The molecule has 0 fully saturated rings. The highest BCUT2D eigenvalue weighted by atomic mass is 16.4. The molecule has 0 aromatic carbocycles. The smallest absolute Gasteiger partial charge is 0.328 e. The summed E-state index contributed by atoms with van der Waals surface area (Å²) in [6.07, 6.45) is 2.61. The molecule has 5 heteroatoms. The topological polar surface area (TPSA) is 87.7 Å². The van der Waals surface area contributed by atoms with Crippen molar-refractivity contribution in [3.63, 3.8) is 0 Å². The standard InChI is InChI=1S/C11H12O5/c1-7-6-8(2-4-10(12)13)16-9(7)3-5-11(14)15/h2,4,6H,3,5H2,1H3,(H,12,13)(H,14,15)/b4-2+. The summed E-state index contributed by atoms with van der Waals surface area (Å²) in [5.41, 5.74) is 0.825. The zero-order valence-electron chi connectivity index (χ0n) is 8.77. The van der Waals surface area contributed by atoms with Gasteiger partial charge in [0.1, 0.15) is 11.5 Å². The van der Waals surface area contributed by atoms with Crippen LogP contribution in [-0.4, -0.2) is 22.2 Å². The van der Waals surface area contributed by atoms with Crippen LogP contribution in [0.5, 0.6) is 0 Å². The minimum atomic E-state index is -1.05. The first-order chi connectivity index (χ1) is 7.49. The highest BCUT2D eigenvalue weighted by molar-refractivity contribution is 5.84. The predicted octanol–water partition coefficient (Wildman–Crippen LogP) is 1.70. The molecule has 86 valence electrons. The fourth-order valence-electron chi connectivity index (χ4n) is 1.25. The van der Waals surface area contributed by atoms with Gasteiger partial charge in [-0.05, 0) is 24.6 Å². The summed E-state index contributed by atoms with van der Waals surface area (Å²) in [5.74, 6) is -0.952. The molecule has 0 aliphatic heterocycles. The molecule has 0 bridgehead atoms. The molecule has 5 nitrogen and oxygen atoms in total. The SMILES string of the molecule is Cc1cc(/C=C/C(=O)O)oc1CCC(=O)O. The number of carbonyl (C=O) groups is 2. The van der Waals surface area contributed by atoms with Crippen LogP contribution in [0.3, 0.4) is 0 Å². The molecule has 2 N–H and O–H groups in total. The first kappa shape index (κ1) is 12.0. The van der Waals surface area contributed by atoms with Gasteiger partial charge in [0.25, 0.3) is 0 Å². The summed E-state index contributed by atoms with van der Waals surface area (Å²) >= 11 is 0. The summed E-state index contributed by atoms with van der Waals surface area (Å²) in [4.78, 5) is 20.6. The maximum Gasteiger partial charge on any atom is 0.328 e.